The van der Waals surface area contributed by atoms with Crippen LogP contribution in [0.15, 0.2) is 30.3 Å². The highest BCUT2D eigenvalue weighted by Crippen LogP contribution is 2.36. The molecule has 194 valence electrons. The van der Waals surface area contributed by atoms with Gasteiger partial charge in [0.1, 0.15) is 17.1 Å². The Morgan fingerprint density at radius 2 is 1.89 bits per heavy atom. The van der Waals surface area contributed by atoms with E-state index in [4.69, 9.17) is 16.2 Å². The maximum absolute atomic E-state index is 12.7. The first-order valence-corrected chi connectivity index (χ1v) is 13.2. The van der Waals surface area contributed by atoms with Gasteiger partial charge in [0.2, 0.25) is 0 Å². The van der Waals surface area contributed by atoms with Gasteiger partial charge in [-0.15, -0.1) is 11.3 Å². The van der Waals surface area contributed by atoms with Gasteiger partial charge in [-0.1, -0.05) is 44.2 Å². The molecule has 1 saturated carbocycles. The van der Waals surface area contributed by atoms with Gasteiger partial charge in [-0.05, 0) is 67.7 Å². The minimum absolute atomic E-state index is 0.0655. The summed E-state index contributed by atoms with van der Waals surface area (Å²) in [6.07, 6.45) is 9.01. The summed E-state index contributed by atoms with van der Waals surface area (Å²) in [5, 5.41) is 6.13. The average Bonchev–Trinajstić information content (AvgIpc) is 3.46. The molecule has 0 radical (unpaired) electrons. The second-order valence-corrected chi connectivity index (χ2v) is 10.7. The number of nitrogens with two attached hydrogens (primary N) is 2. The zero-order valence-corrected chi connectivity index (χ0v) is 22.0. The summed E-state index contributed by atoms with van der Waals surface area (Å²) in [4.78, 5) is 36.5. The Morgan fingerprint density at radius 1 is 1.17 bits per heavy atom. The van der Waals surface area contributed by atoms with Crippen LogP contribution in [-0.2, 0) is 9.53 Å². The van der Waals surface area contributed by atoms with Crippen LogP contribution in [0.2, 0.25) is 0 Å². The second kappa shape index (κ2) is 12.7. The van der Waals surface area contributed by atoms with Crippen molar-refractivity contribution in [2.75, 3.05) is 11.9 Å². The molecule has 6 N–H and O–H groups in total. The molecule has 1 aliphatic rings. The first-order valence-electron chi connectivity index (χ1n) is 12.4. The number of hydrogen-bond donors (Lipinski definition) is 4. The number of carbonyl (C=O) groups is 3. The number of benzene rings is 1. The number of amides is 3. The Kier molecular flexibility index (Phi) is 9.66. The molecule has 9 heteroatoms. The van der Waals surface area contributed by atoms with Gasteiger partial charge in [0.05, 0.1) is 5.56 Å². The fourth-order valence-corrected chi connectivity index (χ4v) is 5.38. The highest BCUT2D eigenvalue weighted by atomic mass is 32.1. The first-order chi connectivity index (χ1) is 17.1. The molecule has 8 nitrogen and oxygen atoms in total. The molecule has 1 fully saturated rings. The lowest BCUT2D eigenvalue weighted by Gasteiger charge is -2.21. The highest BCUT2D eigenvalue weighted by Gasteiger charge is 2.25. The van der Waals surface area contributed by atoms with Crippen molar-refractivity contribution >= 4 is 40.3 Å². The number of nitrogens with one attached hydrogen (secondary N) is 2. The number of ether oxygens (including phenoxy) is 1. The quantitative estimate of drug-likeness (QED) is 0.320. The number of hydrogen-bond acceptors (Lipinski definition) is 6. The lowest BCUT2D eigenvalue weighted by atomic mass is 10.0. The smallest absolute Gasteiger partial charge is 0.323 e. The van der Waals surface area contributed by atoms with Crippen LogP contribution in [-0.4, -0.2) is 36.6 Å². The molecule has 2 aromatic rings. The molecule has 1 aliphatic carbocycles. The summed E-state index contributed by atoms with van der Waals surface area (Å²) in [6, 6.07) is 6.54. The maximum atomic E-state index is 12.7. The number of primary amides is 2. The van der Waals surface area contributed by atoms with E-state index >= 15 is 0 Å². The lowest BCUT2D eigenvalue weighted by molar-refractivity contribution is -0.151. The van der Waals surface area contributed by atoms with Gasteiger partial charge < -0.3 is 21.5 Å². The van der Waals surface area contributed by atoms with Crippen molar-refractivity contribution in [1.82, 2.24) is 5.32 Å². The van der Waals surface area contributed by atoms with Crippen LogP contribution in [0.4, 0.5) is 9.80 Å². The SMILES string of the molecule is Cc1cc(-c2cc(C(N)=O)c(NC(N)=O)s2)ccc1/C=C/CN[C@H](CC(C)C)C(=O)OC1CCCC1. The van der Waals surface area contributed by atoms with Crippen LogP contribution in [0.1, 0.15) is 67.4 Å². The van der Waals surface area contributed by atoms with E-state index in [0.717, 1.165) is 53.7 Å². The molecule has 0 bridgehead atoms. The molecule has 0 saturated heterocycles. The normalized spacial score (nSPS) is 14.9. The van der Waals surface area contributed by atoms with E-state index in [1.54, 1.807) is 6.07 Å². The third-order valence-electron chi connectivity index (χ3n) is 6.14. The molecule has 3 rings (SSSR count). The Balaban J connectivity index is 1.64. The summed E-state index contributed by atoms with van der Waals surface area (Å²) < 4.78 is 5.73. The molecule has 0 spiro atoms. The monoisotopic (exact) mass is 512 g/mol. The van der Waals surface area contributed by atoms with Gasteiger partial charge in [0, 0.05) is 11.4 Å². The predicted octanol–water partition coefficient (Wildman–Crippen LogP) is 4.82. The van der Waals surface area contributed by atoms with Gasteiger partial charge in [-0.3, -0.25) is 14.9 Å². The molecule has 3 amide bonds. The van der Waals surface area contributed by atoms with Crippen LogP contribution < -0.4 is 22.1 Å². The Morgan fingerprint density at radius 3 is 2.50 bits per heavy atom. The summed E-state index contributed by atoms with van der Waals surface area (Å²) in [5.74, 6) is -0.405. The van der Waals surface area contributed by atoms with Crippen LogP contribution in [0.25, 0.3) is 16.5 Å². The van der Waals surface area contributed by atoms with Crippen LogP contribution in [0, 0.1) is 12.8 Å². The summed E-state index contributed by atoms with van der Waals surface area (Å²) >= 11 is 1.24. The Bertz CT molecular complexity index is 1120. The second-order valence-electron chi connectivity index (χ2n) is 9.61. The molecule has 36 heavy (non-hydrogen) atoms. The molecule has 1 aromatic carbocycles. The summed E-state index contributed by atoms with van der Waals surface area (Å²) in [6.45, 7) is 6.76. The number of thiophene rings is 1. The van der Waals surface area contributed by atoms with E-state index in [1.807, 2.05) is 37.3 Å². The maximum Gasteiger partial charge on any atom is 0.323 e. The minimum Gasteiger partial charge on any atom is -0.461 e. The number of esters is 1. The Labute approximate surface area is 216 Å². The largest absolute Gasteiger partial charge is 0.461 e. The summed E-state index contributed by atoms with van der Waals surface area (Å²) in [7, 11) is 0. The van der Waals surface area contributed by atoms with E-state index in [9.17, 15) is 14.4 Å². The number of carbonyl (C=O) groups excluding carboxylic acids is 3. The van der Waals surface area contributed by atoms with Crippen LogP contribution >= 0.6 is 11.3 Å². The molecule has 0 aliphatic heterocycles. The van der Waals surface area contributed by atoms with Gasteiger partial charge >= 0.3 is 12.0 Å². The number of rotatable bonds is 11. The van der Waals surface area contributed by atoms with E-state index in [2.05, 4.69) is 24.5 Å². The zero-order chi connectivity index (χ0) is 26.2. The molecule has 1 atom stereocenters. The Hall–Kier alpha value is -3.17. The third-order valence-corrected chi connectivity index (χ3v) is 7.24. The molecular weight excluding hydrogens is 476 g/mol. The van der Waals surface area contributed by atoms with Crippen molar-refractivity contribution in [2.45, 2.75) is 65.0 Å². The van der Waals surface area contributed by atoms with E-state index in [-0.39, 0.29) is 23.7 Å². The van der Waals surface area contributed by atoms with Crippen molar-refractivity contribution < 1.29 is 19.1 Å². The summed E-state index contributed by atoms with van der Waals surface area (Å²) in [5.41, 5.74) is 13.9. The average molecular weight is 513 g/mol. The first kappa shape index (κ1) is 27.4. The number of urea groups is 1. The van der Waals surface area contributed by atoms with E-state index in [0.29, 0.717) is 17.5 Å². The highest BCUT2D eigenvalue weighted by molar-refractivity contribution is 7.20. The standard InChI is InChI=1S/C27H36N4O4S/c1-16(2)13-22(26(33)35-20-8-4-5-9-20)30-12-6-7-18-10-11-19(14-17(18)3)23-15-21(24(28)32)25(36-23)31-27(29)34/h6-7,10-11,14-16,20,22,30H,4-5,8-9,12-13H2,1-3H3,(H2,28,32)(H3,29,31,34)/b7-6+/t22-/m1/s1. The van der Waals surface area contributed by atoms with Crippen LogP contribution in [0.3, 0.4) is 0 Å². The molecule has 0 unspecified atom stereocenters. The number of anilines is 1. The third kappa shape index (κ3) is 7.66. The van der Waals surface area contributed by atoms with E-state index in [1.165, 1.54) is 11.3 Å². The topological polar surface area (TPSA) is 137 Å². The van der Waals surface area contributed by atoms with Gasteiger partial charge in [-0.25, -0.2) is 4.79 Å². The van der Waals surface area contributed by atoms with Gasteiger partial charge in [0.25, 0.3) is 5.91 Å². The fraction of sp³-hybridized carbons (Fsp3) is 0.444. The van der Waals surface area contributed by atoms with E-state index < -0.39 is 11.9 Å². The van der Waals surface area contributed by atoms with Crippen molar-refractivity contribution in [2.24, 2.45) is 17.4 Å². The number of aryl methyl sites for hydroxylation is 1. The zero-order valence-electron chi connectivity index (χ0n) is 21.1. The van der Waals surface area contributed by atoms with Gasteiger partial charge in [-0.2, -0.15) is 0 Å². The van der Waals surface area contributed by atoms with Crippen molar-refractivity contribution in [3.05, 3.63) is 47.0 Å². The minimum atomic E-state index is -0.751. The molecule has 1 aromatic heterocycles. The molecular formula is C27H36N4O4S. The molecule has 1 heterocycles. The van der Waals surface area contributed by atoms with Crippen molar-refractivity contribution in [3.8, 4) is 10.4 Å². The lowest BCUT2D eigenvalue weighted by Crippen LogP contribution is -2.40. The predicted molar refractivity (Wildman–Crippen MR) is 145 cm³/mol. The van der Waals surface area contributed by atoms with Crippen molar-refractivity contribution in [3.63, 3.8) is 0 Å². The fourth-order valence-electron chi connectivity index (χ4n) is 4.32. The van der Waals surface area contributed by atoms with Crippen molar-refractivity contribution in [1.29, 1.82) is 0 Å². The van der Waals surface area contributed by atoms with Gasteiger partial charge in [0.15, 0.2) is 0 Å². The van der Waals surface area contributed by atoms with Crippen LogP contribution in [0.5, 0.6) is 0 Å².